The molecule has 0 saturated heterocycles. The summed E-state index contributed by atoms with van der Waals surface area (Å²) in [5.41, 5.74) is 20.7. The molecule has 0 spiro atoms. The van der Waals surface area contributed by atoms with Crippen molar-refractivity contribution in [2.45, 2.75) is 97.9 Å². The summed E-state index contributed by atoms with van der Waals surface area (Å²) in [6.45, 7) is 8.15. The average Bonchev–Trinajstić information content (AvgIpc) is 3.99. The maximum Gasteiger partial charge on any atom is 0.242 e. The molecule has 1 unspecified atom stereocenters. The van der Waals surface area contributed by atoms with Gasteiger partial charge in [-0.15, -0.1) is 0 Å². The number of carbonyl (C=O) groups is 7. The van der Waals surface area contributed by atoms with Crippen LogP contribution in [0.5, 0.6) is 0 Å². The van der Waals surface area contributed by atoms with Gasteiger partial charge in [0.1, 0.15) is 11.8 Å². The Bertz CT molecular complexity index is 2330. The Morgan fingerprint density at radius 2 is 1.37 bits per heavy atom. The molecule has 390 valence electrons. The first-order valence-electron chi connectivity index (χ1n) is 24.9. The number of hydrogen-bond acceptors (Lipinski definition) is 13. The van der Waals surface area contributed by atoms with Gasteiger partial charge in [0.05, 0.1) is 45.1 Å². The molecule has 0 radical (unpaired) electrons. The van der Waals surface area contributed by atoms with Crippen molar-refractivity contribution < 1.29 is 33.6 Å². The molecule has 22 heteroatoms. The summed E-state index contributed by atoms with van der Waals surface area (Å²) >= 11 is 0. The highest BCUT2D eigenvalue weighted by Crippen LogP contribution is 2.19. The van der Waals surface area contributed by atoms with Gasteiger partial charge in [-0.3, -0.25) is 33.6 Å². The van der Waals surface area contributed by atoms with Gasteiger partial charge in [0, 0.05) is 62.8 Å². The second kappa shape index (κ2) is 30.1. The van der Waals surface area contributed by atoms with E-state index in [9.17, 15) is 33.6 Å². The molecule has 0 bridgehead atoms. The van der Waals surface area contributed by atoms with Crippen molar-refractivity contribution in [1.82, 2.24) is 55.2 Å². The van der Waals surface area contributed by atoms with Crippen molar-refractivity contribution in [3.05, 3.63) is 48.7 Å². The van der Waals surface area contributed by atoms with Crippen LogP contribution in [-0.2, 0) is 40.0 Å². The van der Waals surface area contributed by atoms with Gasteiger partial charge in [-0.1, -0.05) is 52.3 Å². The molecule has 0 fully saturated rings. The summed E-state index contributed by atoms with van der Waals surface area (Å²) < 4.78 is 0. The number of imidazole rings is 1. The number of benzene rings is 1. The minimum Gasteiger partial charge on any atom is -0.368 e. The number of H-pyrrole nitrogens is 2. The van der Waals surface area contributed by atoms with Crippen LogP contribution < -0.4 is 33.2 Å². The van der Waals surface area contributed by atoms with Crippen LogP contribution in [0.2, 0.25) is 0 Å². The predicted molar refractivity (Wildman–Crippen MR) is 272 cm³/mol. The molecular formula is C49H77N15O7. The molecular weight excluding hydrogens is 911 g/mol. The molecule has 0 aliphatic rings. The second-order valence-corrected chi connectivity index (χ2v) is 18.8. The number of fused-ring (bicyclic) bond motifs is 2. The topological polar surface area (TPSA) is 317 Å². The Labute approximate surface area is 416 Å². The van der Waals surface area contributed by atoms with E-state index in [4.69, 9.17) is 17.2 Å². The number of primary amides is 1. The first-order chi connectivity index (χ1) is 34.1. The lowest BCUT2D eigenvalue weighted by molar-refractivity contribution is -0.147. The van der Waals surface area contributed by atoms with Crippen molar-refractivity contribution in [3.63, 3.8) is 0 Å². The molecule has 0 saturated carbocycles. The average molecular weight is 988 g/mol. The van der Waals surface area contributed by atoms with Crippen molar-refractivity contribution in [2.75, 3.05) is 83.9 Å². The van der Waals surface area contributed by atoms with E-state index in [0.29, 0.717) is 76.0 Å². The smallest absolute Gasteiger partial charge is 0.242 e. The SMILES string of the molecule is CC(C)CN(CC(=O)NCC(N)=O)C(=O)CN(CC(C)C)C(=O)CN(CCc1c[nH]c2ccccc12)C(=O)CN(CCCCN)C(=O)C(N)CCCCNC(=O)CCCCCNc1ncnc2nc[nH]c12. The fourth-order valence-corrected chi connectivity index (χ4v) is 8.05. The van der Waals surface area contributed by atoms with E-state index in [1.54, 1.807) is 6.33 Å². The Kier molecular flexibility index (Phi) is 24.2. The van der Waals surface area contributed by atoms with E-state index in [1.807, 2.05) is 58.2 Å². The molecule has 4 aromatic rings. The van der Waals surface area contributed by atoms with Gasteiger partial charge in [0.25, 0.3) is 0 Å². The van der Waals surface area contributed by atoms with E-state index in [0.717, 1.165) is 41.2 Å². The summed E-state index contributed by atoms with van der Waals surface area (Å²) in [6.07, 6.45) is 10.8. The molecule has 11 N–H and O–H groups in total. The fraction of sp³-hybridized carbons (Fsp3) is 0.592. The van der Waals surface area contributed by atoms with Crippen LogP contribution in [0, 0.1) is 11.8 Å². The number of amides is 7. The molecule has 3 heterocycles. The molecule has 22 nitrogen and oxygen atoms in total. The highest BCUT2D eigenvalue weighted by molar-refractivity contribution is 5.93. The first kappa shape index (κ1) is 56.9. The minimum atomic E-state index is -0.905. The molecule has 7 amide bonds. The monoisotopic (exact) mass is 988 g/mol. The number of nitrogens with zero attached hydrogens (tertiary/aromatic N) is 7. The zero-order chi connectivity index (χ0) is 51.7. The van der Waals surface area contributed by atoms with Crippen molar-refractivity contribution in [2.24, 2.45) is 29.0 Å². The third-order valence-electron chi connectivity index (χ3n) is 11.7. The predicted octanol–water partition coefficient (Wildman–Crippen LogP) is 1.63. The third-order valence-corrected chi connectivity index (χ3v) is 11.7. The highest BCUT2D eigenvalue weighted by Gasteiger charge is 2.30. The number of rotatable bonds is 34. The molecule has 71 heavy (non-hydrogen) atoms. The summed E-state index contributed by atoms with van der Waals surface area (Å²) in [7, 11) is 0. The Balaban J connectivity index is 1.35. The van der Waals surface area contributed by atoms with E-state index >= 15 is 0 Å². The number of hydrogen-bond donors (Lipinski definition) is 8. The number of nitrogens with one attached hydrogen (secondary N) is 5. The lowest BCUT2D eigenvalue weighted by atomic mass is 10.1. The number of unbranched alkanes of at least 4 members (excludes halogenated alkanes) is 4. The lowest BCUT2D eigenvalue weighted by Gasteiger charge is -2.32. The summed E-state index contributed by atoms with van der Waals surface area (Å²) in [4.78, 5) is 118. The molecule has 4 rings (SSSR count). The van der Waals surface area contributed by atoms with Gasteiger partial charge in [0.15, 0.2) is 11.5 Å². The number of anilines is 1. The summed E-state index contributed by atoms with van der Waals surface area (Å²) in [5.74, 6) is -2.52. The van der Waals surface area contributed by atoms with Crippen LogP contribution in [0.3, 0.4) is 0 Å². The zero-order valence-corrected chi connectivity index (χ0v) is 42.1. The number of aromatic nitrogens is 5. The number of carbonyl (C=O) groups excluding carboxylic acids is 7. The molecule has 0 aliphatic heterocycles. The van der Waals surface area contributed by atoms with Crippen LogP contribution in [0.4, 0.5) is 5.82 Å². The summed E-state index contributed by atoms with van der Waals surface area (Å²) in [6, 6.07) is 6.86. The van der Waals surface area contributed by atoms with Crippen LogP contribution >= 0.6 is 0 Å². The second-order valence-electron chi connectivity index (χ2n) is 18.8. The molecule has 1 atom stereocenters. The number of para-hydroxylation sites is 1. The standard InChI is InChI=1S/C49H77N15O7/c1-34(2)26-63(28-42(67)56-25-40(52)65)45(70)31-64(27-35(3)4)44(69)29-61(23-18-36-24-55-39-16-8-7-14-37(36)39)43(68)30-62(22-13-10-19-50)49(71)38(51)15-9-12-20-53-41(66)17-6-5-11-21-54-47-46-48(58-32-57-46)60-33-59-47/h7-8,14,16,24,32-35,38,55H,5-6,9-13,15,17-23,25-31,50-51H2,1-4H3,(H2,52,65)(H,53,66)(H,56,67)(H2,54,57,58,59,60). The Morgan fingerprint density at radius 1 is 0.690 bits per heavy atom. The normalized spacial score (nSPS) is 11.7. The van der Waals surface area contributed by atoms with Crippen LogP contribution in [-0.4, -0.2) is 170 Å². The van der Waals surface area contributed by atoms with Crippen LogP contribution in [0.1, 0.15) is 91.0 Å². The largest absolute Gasteiger partial charge is 0.368 e. The number of nitrogens with two attached hydrogens (primary N) is 3. The van der Waals surface area contributed by atoms with Gasteiger partial charge in [-0.05, 0) is 81.4 Å². The fourth-order valence-electron chi connectivity index (χ4n) is 8.05. The Hall–Kier alpha value is -6.68. The lowest BCUT2D eigenvalue weighted by Crippen LogP contribution is -2.53. The zero-order valence-electron chi connectivity index (χ0n) is 42.1. The molecule has 1 aromatic carbocycles. The van der Waals surface area contributed by atoms with Crippen molar-refractivity contribution in [1.29, 1.82) is 0 Å². The molecule has 3 aromatic heterocycles. The van der Waals surface area contributed by atoms with E-state index in [1.165, 1.54) is 25.9 Å². The van der Waals surface area contributed by atoms with Gasteiger partial charge in [-0.2, -0.15) is 0 Å². The maximum atomic E-state index is 14.5. The van der Waals surface area contributed by atoms with Crippen LogP contribution in [0.15, 0.2) is 43.1 Å². The van der Waals surface area contributed by atoms with Gasteiger partial charge in [0.2, 0.25) is 41.4 Å². The van der Waals surface area contributed by atoms with Gasteiger partial charge in [-0.25, -0.2) is 15.0 Å². The van der Waals surface area contributed by atoms with Crippen molar-refractivity contribution in [3.8, 4) is 0 Å². The third kappa shape index (κ3) is 19.9. The minimum absolute atomic E-state index is 0.0145. The van der Waals surface area contributed by atoms with Gasteiger partial charge >= 0.3 is 0 Å². The number of aromatic amines is 2. The van der Waals surface area contributed by atoms with E-state index in [2.05, 4.69) is 40.9 Å². The quantitative estimate of drug-likeness (QED) is 0.0309. The van der Waals surface area contributed by atoms with Crippen LogP contribution in [0.25, 0.3) is 22.1 Å². The first-order valence-corrected chi connectivity index (χ1v) is 24.9. The Morgan fingerprint density at radius 3 is 2.08 bits per heavy atom. The summed E-state index contributed by atoms with van der Waals surface area (Å²) in [5, 5.41) is 9.62. The highest BCUT2D eigenvalue weighted by atomic mass is 16.2. The molecule has 0 aliphatic carbocycles. The van der Waals surface area contributed by atoms with Gasteiger partial charge < -0.3 is 62.7 Å². The van der Waals surface area contributed by atoms with E-state index in [-0.39, 0.29) is 76.6 Å². The van der Waals surface area contributed by atoms with E-state index < -0.39 is 41.5 Å². The maximum absolute atomic E-state index is 14.5. The van der Waals surface area contributed by atoms with Crippen molar-refractivity contribution >= 4 is 69.2 Å².